The summed E-state index contributed by atoms with van der Waals surface area (Å²) < 4.78 is 2.18. The lowest BCUT2D eigenvalue weighted by Crippen LogP contribution is -2.04. The Kier molecular flexibility index (Phi) is 11.5. The van der Waals surface area contributed by atoms with Gasteiger partial charge in [-0.15, -0.1) is 0 Å². The third-order valence-corrected chi connectivity index (χ3v) is 13.2. The van der Waals surface area contributed by atoms with Gasteiger partial charge in [-0.25, -0.2) is 24.9 Å². The van der Waals surface area contributed by atoms with Gasteiger partial charge in [0.05, 0.1) is 74.6 Å². The zero-order chi connectivity index (χ0) is 50.8. The number of rotatable bonds is 9. The molecule has 0 N–H and O–H groups in total. The molecule has 0 aliphatic carbocycles. The van der Waals surface area contributed by atoms with Crippen LogP contribution in [0.5, 0.6) is 0 Å². The molecule has 3 heterocycles. The van der Waals surface area contributed by atoms with E-state index in [0.717, 1.165) is 72.3 Å². The van der Waals surface area contributed by atoms with Crippen molar-refractivity contribution >= 4 is 21.8 Å². The van der Waals surface area contributed by atoms with E-state index in [-0.39, 0.29) is 0 Å². The van der Waals surface area contributed by atoms with Gasteiger partial charge in [0, 0.05) is 44.2 Å². The van der Waals surface area contributed by atoms with Gasteiger partial charge in [0.15, 0.2) is 23.3 Å². The van der Waals surface area contributed by atoms with Gasteiger partial charge in [0.1, 0.15) is 0 Å². The predicted octanol–water partition coefficient (Wildman–Crippen LogP) is 14.6. The standard InChI is InChI=1S/C65H36N10/c66-37-41-21-26-52(50(31-41)39-68)47-23-28-54-55-29-24-48(53-27-22-42(38-67)32-51(53)40-69)35-61(55)75(60(54)34-47)59-30-25-49(64-73-62(45-17-9-3-10-18-45)72-63(74-64)46-19-11-4-12-20-46)33-56(59)65-70-57(43-13-5-1-6-14-43)36-58(71-65)44-15-7-2-8-16-44/h1-36H. The van der Waals surface area contributed by atoms with Crippen LogP contribution in [0.25, 0.3) is 118 Å². The highest BCUT2D eigenvalue weighted by molar-refractivity contribution is 6.12. The Hall–Kier alpha value is -11.2. The van der Waals surface area contributed by atoms with Gasteiger partial charge in [-0.3, -0.25) is 0 Å². The summed E-state index contributed by atoms with van der Waals surface area (Å²) in [5, 5.41) is 42.2. The molecule has 0 saturated heterocycles. The molecule has 0 atom stereocenters. The minimum Gasteiger partial charge on any atom is -0.308 e. The molecular weight excluding hydrogens is 921 g/mol. The second kappa shape index (κ2) is 19.2. The molecule has 0 bridgehead atoms. The molecule has 12 aromatic rings. The van der Waals surface area contributed by atoms with E-state index in [1.807, 2.05) is 170 Å². The van der Waals surface area contributed by atoms with Crippen LogP contribution in [0.3, 0.4) is 0 Å². The Morgan fingerprint density at radius 2 is 0.707 bits per heavy atom. The molecule has 0 radical (unpaired) electrons. The monoisotopic (exact) mass is 956 g/mol. The third-order valence-electron chi connectivity index (χ3n) is 13.2. The maximum Gasteiger partial charge on any atom is 0.164 e. The average molecular weight is 957 g/mol. The normalized spacial score (nSPS) is 10.9. The zero-order valence-corrected chi connectivity index (χ0v) is 39.8. The molecule has 75 heavy (non-hydrogen) atoms. The number of hydrogen-bond acceptors (Lipinski definition) is 9. The minimum absolute atomic E-state index is 0.370. The number of aromatic nitrogens is 6. The van der Waals surface area contributed by atoms with Gasteiger partial charge in [-0.05, 0) is 82.9 Å². The van der Waals surface area contributed by atoms with Gasteiger partial charge >= 0.3 is 0 Å². The topological polar surface area (TPSA) is 165 Å². The van der Waals surface area contributed by atoms with Crippen LogP contribution in [-0.2, 0) is 0 Å². The van der Waals surface area contributed by atoms with Gasteiger partial charge in [-0.2, -0.15) is 21.0 Å². The van der Waals surface area contributed by atoms with Gasteiger partial charge in [0.25, 0.3) is 0 Å². The summed E-state index contributed by atoms with van der Waals surface area (Å²) in [6.45, 7) is 0. The molecule has 12 rings (SSSR count). The summed E-state index contributed by atoms with van der Waals surface area (Å²) in [6, 6.07) is 79.3. The second-order valence-corrected chi connectivity index (χ2v) is 17.7. The number of hydrogen-bond donors (Lipinski definition) is 0. The first-order valence-corrected chi connectivity index (χ1v) is 24.0. The summed E-state index contributed by atoms with van der Waals surface area (Å²) in [7, 11) is 0. The molecule has 0 amide bonds. The quantitative estimate of drug-likeness (QED) is 0.137. The first-order valence-electron chi connectivity index (χ1n) is 24.0. The molecule has 10 nitrogen and oxygen atoms in total. The highest BCUT2D eigenvalue weighted by atomic mass is 15.0. The summed E-state index contributed by atoms with van der Waals surface area (Å²) in [6.07, 6.45) is 0. The number of fused-ring (bicyclic) bond motifs is 3. The van der Waals surface area contributed by atoms with Crippen molar-refractivity contribution in [3.63, 3.8) is 0 Å². The SMILES string of the molecule is N#Cc1ccc(-c2ccc3c4ccc(-c5ccc(C#N)cc5C#N)cc4n(-c4ccc(-c5nc(-c6ccccc6)nc(-c6ccccc6)n5)cc4-c4nc(-c5ccccc5)cc(-c5ccccc5)n4)c3c2)c(C#N)c1. The highest BCUT2D eigenvalue weighted by Crippen LogP contribution is 2.42. The smallest absolute Gasteiger partial charge is 0.164 e. The Morgan fingerprint density at radius 3 is 1.13 bits per heavy atom. The maximum absolute atomic E-state index is 10.4. The fourth-order valence-electron chi connectivity index (χ4n) is 9.60. The van der Waals surface area contributed by atoms with Crippen LogP contribution in [0.4, 0.5) is 0 Å². The average Bonchev–Trinajstić information content (AvgIpc) is 3.85. The van der Waals surface area contributed by atoms with Crippen molar-refractivity contribution in [1.82, 2.24) is 29.5 Å². The van der Waals surface area contributed by atoms with Crippen LogP contribution < -0.4 is 0 Å². The van der Waals surface area contributed by atoms with E-state index in [2.05, 4.69) is 53.1 Å². The number of nitriles is 4. The highest BCUT2D eigenvalue weighted by Gasteiger charge is 2.23. The van der Waals surface area contributed by atoms with E-state index in [4.69, 9.17) is 24.9 Å². The first kappa shape index (κ1) is 45.0. The second-order valence-electron chi connectivity index (χ2n) is 17.7. The van der Waals surface area contributed by atoms with Crippen molar-refractivity contribution in [2.45, 2.75) is 0 Å². The summed E-state index contributed by atoms with van der Waals surface area (Å²) >= 11 is 0. The molecule has 0 aliphatic rings. The van der Waals surface area contributed by atoms with Crippen LogP contribution in [0.2, 0.25) is 0 Å². The predicted molar refractivity (Wildman–Crippen MR) is 292 cm³/mol. The van der Waals surface area contributed by atoms with Gasteiger partial charge in [0.2, 0.25) is 0 Å². The summed E-state index contributed by atoms with van der Waals surface area (Å²) in [4.78, 5) is 26.1. The van der Waals surface area contributed by atoms with E-state index in [1.165, 1.54) is 0 Å². The summed E-state index contributed by atoms with van der Waals surface area (Å²) in [5.74, 6) is 1.91. The van der Waals surface area contributed by atoms with Crippen molar-refractivity contribution in [3.05, 3.63) is 241 Å². The molecule has 0 aliphatic heterocycles. The number of nitrogens with zero attached hydrogens (tertiary/aromatic N) is 10. The third kappa shape index (κ3) is 8.45. The molecule has 9 aromatic carbocycles. The Balaban J connectivity index is 1.19. The molecule has 3 aromatic heterocycles. The van der Waals surface area contributed by atoms with E-state index < -0.39 is 0 Å². The Labute approximate surface area is 431 Å². The molecule has 10 heteroatoms. The largest absolute Gasteiger partial charge is 0.308 e. The van der Waals surface area contributed by atoms with Crippen LogP contribution in [0.15, 0.2) is 218 Å². The molecule has 0 fully saturated rings. The van der Waals surface area contributed by atoms with Crippen molar-refractivity contribution in [3.8, 4) is 120 Å². The van der Waals surface area contributed by atoms with Crippen LogP contribution in [-0.4, -0.2) is 29.5 Å². The van der Waals surface area contributed by atoms with Gasteiger partial charge < -0.3 is 4.57 Å². The number of benzene rings is 9. The maximum atomic E-state index is 10.4. The molecule has 0 spiro atoms. The van der Waals surface area contributed by atoms with Crippen molar-refractivity contribution in [2.24, 2.45) is 0 Å². The Morgan fingerprint density at radius 1 is 0.293 bits per heavy atom. The van der Waals surface area contributed by atoms with Gasteiger partial charge in [-0.1, -0.05) is 158 Å². The lowest BCUT2D eigenvalue weighted by atomic mass is 9.96. The van der Waals surface area contributed by atoms with Crippen molar-refractivity contribution in [2.75, 3.05) is 0 Å². The van der Waals surface area contributed by atoms with E-state index in [1.54, 1.807) is 24.3 Å². The van der Waals surface area contributed by atoms with Crippen LogP contribution >= 0.6 is 0 Å². The molecular formula is C65H36N10. The van der Waals surface area contributed by atoms with Crippen molar-refractivity contribution in [1.29, 1.82) is 21.0 Å². The molecule has 346 valence electrons. The molecule has 0 saturated carbocycles. The van der Waals surface area contributed by atoms with E-state index >= 15 is 0 Å². The van der Waals surface area contributed by atoms with E-state index in [9.17, 15) is 21.0 Å². The lowest BCUT2D eigenvalue weighted by Gasteiger charge is -2.17. The van der Waals surface area contributed by atoms with E-state index in [0.29, 0.717) is 67.8 Å². The minimum atomic E-state index is 0.370. The lowest BCUT2D eigenvalue weighted by molar-refractivity contribution is 1.07. The fraction of sp³-hybridized carbons (Fsp3) is 0. The van der Waals surface area contributed by atoms with Crippen LogP contribution in [0, 0.1) is 45.3 Å². The first-order chi connectivity index (χ1) is 37.0. The van der Waals surface area contributed by atoms with Crippen LogP contribution in [0.1, 0.15) is 22.3 Å². The summed E-state index contributed by atoms with van der Waals surface area (Å²) in [5.41, 5.74) is 13.0. The molecule has 0 unspecified atom stereocenters. The van der Waals surface area contributed by atoms with Crippen molar-refractivity contribution < 1.29 is 0 Å². The Bertz CT molecular complexity index is 4140. The fourth-order valence-corrected chi connectivity index (χ4v) is 9.60. The zero-order valence-electron chi connectivity index (χ0n) is 39.8.